The molecule has 4 heteroatoms. The van der Waals surface area contributed by atoms with Crippen molar-refractivity contribution in [2.24, 2.45) is 0 Å². The van der Waals surface area contributed by atoms with Gasteiger partial charge in [0, 0.05) is 13.7 Å². The van der Waals surface area contributed by atoms with E-state index in [2.05, 4.69) is 5.32 Å². The minimum Gasteiger partial charge on any atom is -0.383 e. The summed E-state index contributed by atoms with van der Waals surface area (Å²) in [6.07, 6.45) is 0. The fourth-order valence-electron chi connectivity index (χ4n) is 1.92. The molecule has 2 rings (SSSR count). The lowest BCUT2D eigenvalue weighted by atomic mass is 10.1. The zero-order chi connectivity index (χ0) is 11.5. The van der Waals surface area contributed by atoms with E-state index >= 15 is 0 Å². The van der Waals surface area contributed by atoms with Gasteiger partial charge in [0.15, 0.2) is 0 Å². The van der Waals surface area contributed by atoms with Gasteiger partial charge < -0.3 is 15.0 Å². The molecular formula is C12H16N2O2. The Morgan fingerprint density at radius 2 is 2.31 bits per heavy atom. The molecule has 0 saturated heterocycles. The van der Waals surface area contributed by atoms with Crippen LogP contribution in [0.5, 0.6) is 0 Å². The van der Waals surface area contributed by atoms with Gasteiger partial charge in [-0.15, -0.1) is 0 Å². The highest BCUT2D eigenvalue weighted by molar-refractivity contribution is 6.02. The van der Waals surface area contributed by atoms with Gasteiger partial charge in [-0.2, -0.15) is 0 Å². The Bertz CT molecular complexity index is 404. The number of ether oxygens (including phenoxy) is 1. The molecule has 1 aromatic rings. The van der Waals surface area contributed by atoms with Crippen LogP contribution in [-0.4, -0.2) is 32.7 Å². The third kappa shape index (κ3) is 2.02. The molecule has 0 unspecified atom stereocenters. The molecule has 1 aliphatic heterocycles. The quantitative estimate of drug-likeness (QED) is 0.837. The van der Waals surface area contributed by atoms with Crippen molar-refractivity contribution in [3.63, 3.8) is 0 Å². The number of benzene rings is 1. The second-order valence-corrected chi connectivity index (χ2v) is 3.93. The number of carbonyl (C=O) groups excluding carboxylic acids is 1. The molecule has 16 heavy (non-hydrogen) atoms. The lowest BCUT2D eigenvalue weighted by molar-refractivity contribution is -0.115. The van der Waals surface area contributed by atoms with Crippen molar-refractivity contribution in [3.05, 3.63) is 23.8 Å². The van der Waals surface area contributed by atoms with Gasteiger partial charge in [0.1, 0.15) is 0 Å². The first-order chi connectivity index (χ1) is 7.72. The van der Waals surface area contributed by atoms with Gasteiger partial charge >= 0.3 is 0 Å². The van der Waals surface area contributed by atoms with Crippen LogP contribution in [0.4, 0.5) is 11.4 Å². The number of para-hydroxylation sites is 1. The second kappa shape index (κ2) is 4.53. The van der Waals surface area contributed by atoms with Crippen molar-refractivity contribution in [2.75, 3.05) is 37.0 Å². The van der Waals surface area contributed by atoms with Crippen LogP contribution in [0.2, 0.25) is 0 Å². The Hall–Kier alpha value is -1.55. The number of hydrogen-bond donors (Lipinski definition) is 1. The topological polar surface area (TPSA) is 41.6 Å². The molecule has 0 aliphatic carbocycles. The summed E-state index contributed by atoms with van der Waals surface area (Å²) in [6.45, 7) is 3.76. The van der Waals surface area contributed by atoms with E-state index in [0.29, 0.717) is 13.2 Å². The normalized spacial score (nSPS) is 14.6. The minimum absolute atomic E-state index is 0.0397. The van der Waals surface area contributed by atoms with Gasteiger partial charge in [-0.3, -0.25) is 4.79 Å². The van der Waals surface area contributed by atoms with E-state index < -0.39 is 0 Å². The number of nitrogens with one attached hydrogen (secondary N) is 1. The van der Waals surface area contributed by atoms with Crippen molar-refractivity contribution < 1.29 is 9.53 Å². The Kier molecular flexibility index (Phi) is 3.10. The summed E-state index contributed by atoms with van der Waals surface area (Å²) in [7, 11) is 1.67. The summed E-state index contributed by atoms with van der Waals surface area (Å²) in [5, 5.41) is 2.91. The Labute approximate surface area is 95.2 Å². The van der Waals surface area contributed by atoms with Gasteiger partial charge in [-0.1, -0.05) is 12.1 Å². The van der Waals surface area contributed by atoms with Crippen LogP contribution in [0, 0.1) is 6.92 Å². The lowest BCUT2D eigenvalue weighted by Crippen LogP contribution is -2.40. The maximum Gasteiger partial charge on any atom is 0.243 e. The highest BCUT2D eigenvalue weighted by Crippen LogP contribution is 2.31. The molecule has 0 saturated carbocycles. The smallest absolute Gasteiger partial charge is 0.243 e. The summed E-state index contributed by atoms with van der Waals surface area (Å²) in [5.41, 5.74) is 3.10. The largest absolute Gasteiger partial charge is 0.383 e. The summed E-state index contributed by atoms with van der Waals surface area (Å²) in [4.78, 5) is 13.6. The van der Waals surface area contributed by atoms with Gasteiger partial charge in [-0.05, 0) is 18.6 Å². The van der Waals surface area contributed by atoms with Crippen molar-refractivity contribution in [2.45, 2.75) is 6.92 Å². The Morgan fingerprint density at radius 3 is 3.06 bits per heavy atom. The van der Waals surface area contributed by atoms with Crippen molar-refractivity contribution >= 4 is 17.3 Å². The van der Waals surface area contributed by atoms with Gasteiger partial charge in [0.05, 0.1) is 24.5 Å². The number of amides is 1. The van der Waals surface area contributed by atoms with Crippen LogP contribution in [0.3, 0.4) is 0 Å². The van der Waals surface area contributed by atoms with Crippen LogP contribution >= 0.6 is 0 Å². The third-order valence-electron chi connectivity index (χ3n) is 2.76. The van der Waals surface area contributed by atoms with Gasteiger partial charge in [0.25, 0.3) is 0 Å². The lowest BCUT2D eigenvalue weighted by Gasteiger charge is -2.31. The third-order valence-corrected chi connectivity index (χ3v) is 2.76. The van der Waals surface area contributed by atoms with Gasteiger partial charge in [0.2, 0.25) is 5.91 Å². The van der Waals surface area contributed by atoms with Gasteiger partial charge in [-0.25, -0.2) is 0 Å². The first-order valence-electron chi connectivity index (χ1n) is 5.35. The number of anilines is 2. The van der Waals surface area contributed by atoms with E-state index in [9.17, 15) is 4.79 Å². The van der Waals surface area contributed by atoms with Crippen LogP contribution in [-0.2, 0) is 9.53 Å². The molecular weight excluding hydrogens is 204 g/mol. The first-order valence-corrected chi connectivity index (χ1v) is 5.35. The van der Waals surface area contributed by atoms with Crippen molar-refractivity contribution in [1.29, 1.82) is 0 Å². The second-order valence-electron chi connectivity index (χ2n) is 3.93. The van der Waals surface area contributed by atoms with E-state index in [1.807, 2.05) is 30.0 Å². The SMILES string of the molecule is COCCN1CC(=O)Nc2c(C)cccc21. The van der Waals surface area contributed by atoms with Crippen LogP contribution in [0.1, 0.15) is 5.56 Å². The first kappa shape index (κ1) is 11.0. The molecule has 1 aromatic carbocycles. The van der Waals surface area contributed by atoms with E-state index in [1.165, 1.54) is 0 Å². The highest BCUT2D eigenvalue weighted by atomic mass is 16.5. The van der Waals surface area contributed by atoms with E-state index in [-0.39, 0.29) is 5.91 Å². The molecule has 1 amide bonds. The molecule has 1 heterocycles. The predicted octanol–water partition coefficient (Wildman–Crippen LogP) is 1.40. The zero-order valence-electron chi connectivity index (χ0n) is 9.62. The van der Waals surface area contributed by atoms with E-state index in [0.717, 1.165) is 23.5 Å². The van der Waals surface area contributed by atoms with Crippen LogP contribution in [0.25, 0.3) is 0 Å². The Balaban J connectivity index is 2.30. The van der Waals surface area contributed by atoms with Crippen LogP contribution < -0.4 is 10.2 Å². The average Bonchev–Trinajstić information content (AvgIpc) is 2.27. The summed E-state index contributed by atoms with van der Waals surface area (Å²) >= 11 is 0. The number of methoxy groups -OCH3 is 1. The molecule has 86 valence electrons. The average molecular weight is 220 g/mol. The van der Waals surface area contributed by atoms with Crippen molar-refractivity contribution in [1.82, 2.24) is 0 Å². The number of fused-ring (bicyclic) bond motifs is 1. The van der Waals surface area contributed by atoms with E-state index in [1.54, 1.807) is 7.11 Å². The number of hydrogen-bond acceptors (Lipinski definition) is 3. The minimum atomic E-state index is 0.0397. The highest BCUT2D eigenvalue weighted by Gasteiger charge is 2.22. The molecule has 0 fully saturated rings. The molecule has 0 radical (unpaired) electrons. The molecule has 1 aliphatic rings. The fourth-order valence-corrected chi connectivity index (χ4v) is 1.92. The number of nitrogens with zero attached hydrogens (tertiary/aromatic N) is 1. The number of aryl methyl sites for hydroxylation is 1. The number of rotatable bonds is 3. The predicted molar refractivity (Wildman–Crippen MR) is 63.9 cm³/mol. The summed E-state index contributed by atoms with van der Waals surface area (Å²) in [6, 6.07) is 6.03. The maximum atomic E-state index is 11.6. The zero-order valence-corrected chi connectivity index (χ0v) is 9.62. The Morgan fingerprint density at radius 1 is 1.50 bits per heavy atom. The molecule has 0 atom stereocenters. The maximum absolute atomic E-state index is 11.6. The molecule has 0 bridgehead atoms. The molecule has 0 aromatic heterocycles. The fraction of sp³-hybridized carbons (Fsp3) is 0.417. The van der Waals surface area contributed by atoms with E-state index in [4.69, 9.17) is 4.74 Å². The molecule has 4 nitrogen and oxygen atoms in total. The van der Waals surface area contributed by atoms with Crippen LogP contribution in [0.15, 0.2) is 18.2 Å². The number of carbonyl (C=O) groups is 1. The van der Waals surface area contributed by atoms with Crippen molar-refractivity contribution in [3.8, 4) is 0 Å². The molecule has 0 spiro atoms. The summed E-state index contributed by atoms with van der Waals surface area (Å²) < 4.78 is 5.05. The molecule has 1 N–H and O–H groups in total. The summed E-state index contributed by atoms with van der Waals surface area (Å²) in [5.74, 6) is 0.0397. The standard InChI is InChI=1S/C12H16N2O2/c1-9-4-3-5-10-12(9)13-11(15)8-14(10)6-7-16-2/h3-5H,6-8H2,1-2H3,(H,13,15). The monoisotopic (exact) mass is 220 g/mol.